The molecule has 1 amide bonds. The van der Waals surface area contributed by atoms with Gasteiger partial charge in [0.05, 0.1) is 5.92 Å². The molecule has 2 saturated carbocycles. The van der Waals surface area contributed by atoms with E-state index in [2.05, 4.69) is 10.6 Å². The van der Waals surface area contributed by atoms with Crippen molar-refractivity contribution in [2.75, 3.05) is 13.1 Å². The van der Waals surface area contributed by atoms with Crippen LogP contribution in [0.5, 0.6) is 0 Å². The maximum atomic E-state index is 11.5. The normalized spacial score (nSPS) is 26.9. The maximum Gasteiger partial charge on any atom is 0.306 e. The molecule has 108 valence electrons. The molecule has 2 aliphatic rings. The van der Waals surface area contributed by atoms with E-state index >= 15 is 0 Å². The molecule has 2 atom stereocenters. The Balaban J connectivity index is 1.60. The van der Waals surface area contributed by atoms with Crippen LogP contribution in [-0.4, -0.2) is 36.1 Å². The molecule has 0 spiro atoms. The first-order chi connectivity index (χ1) is 9.16. The third-order valence-electron chi connectivity index (χ3n) is 4.10. The Bertz CT molecular complexity index is 329. The predicted octanol–water partition coefficient (Wildman–Crippen LogP) is 1.14. The molecule has 5 nitrogen and oxygen atoms in total. The first-order valence-corrected chi connectivity index (χ1v) is 7.39. The van der Waals surface area contributed by atoms with E-state index in [0.717, 1.165) is 38.5 Å². The molecule has 0 aromatic carbocycles. The monoisotopic (exact) mass is 268 g/mol. The topological polar surface area (TPSA) is 78.4 Å². The molecule has 2 fully saturated rings. The van der Waals surface area contributed by atoms with E-state index in [1.807, 2.05) is 0 Å². The van der Waals surface area contributed by atoms with Gasteiger partial charge in [0.15, 0.2) is 0 Å². The number of carboxylic acids is 1. The average Bonchev–Trinajstić information content (AvgIpc) is 3.19. The highest BCUT2D eigenvalue weighted by atomic mass is 16.4. The van der Waals surface area contributed by atoms with Crippen molar-refractivity contribution in [1.29, 1.82) is 0 Å². The van der Waals surface area contributed by atoms with Crippen molar-refractivity contribution in [1.82, 2.24) is 10.6 Å². The minimum Gasteiger partial charge on any atom is -0.481 e. The van der Waals surface area contributed by atoms with Crippen molar-refractivity contribution in [3.63, 3.8) is 0 Å². The van der Waals surface area contributed by atoms with Gasteiger partial charge in [-0.3, -0.25) is 9.59 Å². The number of hydrogen-bond acceptors (Lipinski definition) is 3. The second kappa shape index (κ2) is 6.89. The maximum absolute atomic E-state index is 11.5. The van der Waals surface area contributed by atoms with Gasteiger partial charge in [-0.15, -0.1) is 0 Å². The van der Waals surface area contributed by atoms with Crippen LogP contribution < -0.4 is 10.6 Å². The van der Waals surface area contributed by atoms with Crippen molar-refractivity contribution in [2.24, 2.45) is 11.8 Å². The summed E-state index contributed by atoms with van der Waals surface area (Å²) in [6, 6.07) is 0.419. The van der Waals surface area contributed by atoms with Crippen LogP contribution in [0, 0.1) is 11.8 Å². The summed E-state index contributed by atoms with van der Waals surface area (Å²) in [6.07, 6.45) is 6.64. The first kappa shape index (κ1) is 14.3. The summed E-state index contributed by atoms with van der Waals surface area (Å²) in [6.45, 7) is 1.36. The molecule has 0 heterocycles. The minimum absolute atomic E-state index is 0.105. The Hall–Kier alpha value is -1.10. The lowest BCUT2D eigenvalue weighted by Gasteiger charge is -2.28. The fourth-order valence-electron chi connectivity index (χ4n) is 2.79. The zero-order chi connectivity index (χ0) is 13.7. The van der Waals surface area contributed by atoms with Gasteiger partial charge in [0.2, 0.25) is 5.91 Å². The van der Waals surface area contributed by atoms with Gasteiger partial charge in [-0.1, -0.05) is 12.8 Å². The SMILES string of the molecule is O=C(CCNCC1CCCCC1C(=O)O)NC1CC1. The van der Waals surface area contributed by atoms with Gasteiger partial charge in [0.1, 0.15) is 0 Å². The second-order valence-electron chi connectivity index (χ2n) is 5.79. The predicted molar refractivity (Wildman–Crippen MR) is 71.7 cm³/mol. The summed E-state index contributed by atoms with van der Waals surface area (Å²) in [5.41, 5.74) is 0. The molecular weight excluding hydrogens is 244 g/mol. The molecule has 0 aromatic heterocycles. The summed E-state index contributed by atoms with van der Waals surface area (Å²) in [4.78, 5) is 22.6. The smallest absolute Gasteiger partial charge is 0.306 e. The van der Waals surface area contributed by atoms with E-state index in [-0.39, 0.29) is 17.7 Å². The number of carboxylic acid groups (broad SMARTS) is 1. The molecule has 0 aliphatic heterocycles. The standard InChI is InChI=1S/C14H24N2O3/c17-13(16-11-5-6-11)7-8-15-9-10-3-1-2-4-12(10)14(18)19/h10-12,15H,1-9H2,(H,16,17)(H,18,19). The summed E-state index contributed by atoms with van der Waals surface area (Å²) in [7, 11) is 0. The molecule has 2 aliphatic carbocycles. The van der Waals surface area contributed by atoms with Crippen LogP contribution in [0.25, 0.3) is 0 Å². The van der Waals surface area contributed by atoms with Crippen molar-refractivity contribution in [2.45, 2.75) is 51.0 Å². The van der Waals surface area contributed by atoms with E-state index in [1.54, 1.807) is 0 Å². The van der Waals surface area contributed by atoms with Crippen molar-refractivity contribution < 1.29 is 14.7 Å². The van der Waals surface area contributed by atoms with Gasteiger partial charge >= 0.3 is 5.97 Å². The molecular formula is C14H24N2O3. The largest absolute Gasteiger partial charge is 0.481 e. The Labute approximate surface area is 114 Å². The van der Waals surface area contributed by atoms with E-state index in [4.69, 9.17) is 5.11 Å². The van der Waals surface area contributed by atoms with Gasteiger partial charge < -0.3 is 15.7 Å². The molecule has 2 unspecified atom stereocenters. The molecule has 0 aromatic rings. The van der Waals surface area contributed by atoms with Crippen molar-refractivity contribution in [3.8, 4) is 0 Å². The molecule has 3 N–H and O–H groups in total. The lowest BCUT2D eigenvalue weighted by atomic mass is 9.79. The van der Waals surface area contributed by atoms with E-state index < -0.39 is 5.97 Å². The number of rotatable bonds is 7. The molecule has 0 bridgehead atoms. The lowest BCUT2D eigenvalue weighted by Crippen LogP contribution is -2.36. The van der Waals surface area contributed by atoms with Crippen LogP contribution >= 0.6 is 0 Å². The number of nitrogens with one attached hydrogen (secondary N) is 2. The molecule has 0 radical (unpaired) electrons. The van der Waals surface area contributed by atoms with Crippen LogP contribution in [-0.2, 0) is 9.59 Å². The third kappa shape index (κ3) is 4.82. The first-order valence-electron chi connectivity index (χ1n) is 7.39. The summed E-state index contributed by atoms with van der Waals surface area (Å²) >= 11 is 0. The highest BCUT2D eigenvalue weighted by Gasteiger charge is 2.30. The lowest BCUT2D eigenvalue weighted by molar-refractivity contribution is -0.144. The Morgan fingerprint density at radius 1 is 1.11 bits per heavy atom. The molecule has 2 rings (SSSR count). The highest BCUT2D eigenvalue weighted by Crippen LogP contribution is 2.29. The zero-order valence-electron chi connectivity index (χ0n) is 11.4. The molecule has 19 heavy (non-hydrogen) atoms. The van der Waals surface area contributed by atoms with Gasteiger partial charge in [-0.2, -0.15) is 0 Å². The van der Waals surface area contributed by atoms with Crippen LogP contribution in [0.15, 0.2) is 0 Å². The van der Waals surface area contributed by atoms with Gasteiger partial charge in [-0.05, 0) is 38.1 Å². The van der Waals surface area contributed by atoms with Crippen LogP contribution in [0.2, 0.25) is 0 Å². The van der Waals surface area contributed by atoms with E-state index in [1.165, 1.54) is 0 Å². The number of hydrogen-bond donors (Lipinski definition) is 3. The van der Waals surface area contributed by atoms with E-state index in [9.17, 15) is 9.59 Å². The van der Waals surface area contributed by atoms with Gasteiger partial charge in [0, 0.05) is 19.0 Å². The number of aliphatic carboxylic acids is 1. The summed E-state index contributed by atoms with van der Waals surface area (Å²) in [5, 5.41) is 15.4. The van der Waals surface area contributed by atoms with Crippen LogP contribution in [0.1, 0.15) is 44.9 Å². The Morgan fingerprint density at radius 2 is 1.84 bits per heavy atom. The van der Waals surface area contributed by atoms with Gasteiger partial charge in [0.25, 0.3) is 0 Å². The third-order valence-corrected chi connectivity index (χ3v) is 4.10. The molecule has 0 saturated heterocycles. The van der Waals surface area contributed by atoms with Crippen LogP contribution in [0.4, 0.5) is 0 Å². The molecule has 5 heteroatoms. The van der Waals surface area contributed by atoms with Gasteiger partial charge in [-0.25, -0.2) is 0 Å². The number of carbonyl (C=O) groups is 2. The Morgan fingerprint density at radius 3 is 2.53 bits per heavy atom. The second-order valence-corrected chi connectivity index (χ2v) is 5.79. The minimum atomic E-state index is -0.669. The zero-order valence-corrected chi connectivity index (χ0v) is 11.4. The number of carbonyl (C=O) groups excluding carboxylic acids is 1. The average molecular weight is 268 g/mol. The van der Waals surface area contributed by atoms with Crippen LogP contribution in [0.3, 0.4) is 0 Å². The van der Waals surface area contributed by atoms with Crippen molar-refractivity contribution >= 4 is 11.9 Å². The number of amides is 1. The summed E-state index contributed by atoms with van der Waals surface area (Å²) in [5.74, 6) is -0.550. The van der Waals surface area contributed by atoms with E-state index in [0.29, 0.717) is 25.6 Å². The summed E-state index contributed by atoms with van der Waals surface area (Å²) < 4.78 is 0. The Kier molecular flexibility index (Phi) is 5.19. The fraction of sp³-hybridized carbons (Fsp3) is 0.857. The van der Waals surface area contributed by atoms with Crippen molar-refractivity contribution in [3.05, 3.63) is 0 Å². The fourth-order valence-corrected chi connectivity index (χ4v) is 2.79. The highest BCUT2D eigenvalue weighted by molar-refractivity contribution is 5.76. The quantitative estimate of drug-likeness (QED) is 0.605.